The molecule has 0 heterocycles. The van der Waals surface area contributed by atoms with Crippen molar-refractivity contribution in [1.82, 2.24) is 0 Å². The summed E-state index contributed by atoms with van der Waals surface area (Å²) >= 11 is 0. The van der Waals surface area contributed by atoms with Crippen LogP contribution in [0.2, 0.25) is 0 Å². The molecule has 0 aromatic heterocycles. The van der Waals surface area contributed by atoms with Gasteiger partial charge in [0.05, 0.1) is 0 Å². The van der Waals surface area contributed by atoms with Crippen LogP contribution < -0.4 is 0 Å². The quantitative estimate of drug-likeness (QED) is 0.632. The number of carbonyl (C=O) groups is 1. The number of hydrogen-bond donors (Lipinski definition) is 0. The van der Waals surface area contributed by atoms with Gasteiger partial charge in [-0.15, -0.1) is 0 Å². The Labute approximate surface area is 106 Å². The van der Waals surface area contributed by atoms with Crippen LogP contribution in [0.25, 0.3) is 0 Å². The Morgan fingerprint density at radius 3 is 1.88 bits per heavy atom. The summed E-state index contributed by atoms with van der Waals surface area (Å²) in [6, 6.07) is 0. The van der Waals surface area contributed by atoms with Crippen LogP contribution in [-0.2, 0) is 9.53 Å². The van der Waals surface area contributed by atoms with Gasteiger partial charge in [0.25, 0.3) is 0 Å². The van der Waals surface area contributed by atoms with Gasteiger partial charge in [0.2, 0.25) is 0 Å². The zero-order valence-corrected chi connectivity index (χ0v) is 11.5. The Bertz CT molecular complexity index is 213. The predicted molar refractivity (Wildman–Crippen MR) is 70.9 cm³/mol. The van der Waals surface area contributed by atoms with E-state index in [1.54, 1.807) is 0 Å². The summed E-state index contributed by atoms with van der Waals surface area (Å²) < 4.78 is 5.47. The Kier molecular flexibility index (Phi) is 7.30. The van der Waals surface area contributed by atoms with E-state index in [1.165, 1.54) is 64.7 Å². The lowest BCUT2D eigenvalue weighted by atomic mass is 9.92. The molecule has 0 aromatic rings. The van der Waals surface area contributed by atoms with E-state index in [0.717, 1.165) is 6.42 Å². The summed E-state index contributed by atoms with van der Waals surface area (Å²) in [6.07, 6.45) is 13.1. The van der Waals surface area contributed by atoms with Crippen molar-refractivity contribution in [3.63, 3.8) is 0 Å². The summed E-state index contributed by atoms with van der Waals surface area (Å²) in [5.41, 5.74) is 0. The summed E-state index contributed by atoms with van der Waals surface area (Å²) in [6.45, 7) is 3.77. The van der Waals surface area contributed by atoms with Crippen molar-refractivity contribution in [2.24, 2.45) is 5.92 Å². The summed E-state index contributed by atoms with van der Waals surface area (Å²) in [7, 11) is 0. The van der Waals surface area contributed by atoms with Crippen LogP contribution in [0.4, 0.5) is 0 Å². The fourth-order valence-corrected chi connectivity index (χ4v) is 2.73. The number of ether oxygens (including phenoxy) is 1. The van der Waals surface area contributed by atoms with Crippen molar-refractivity contribution < 1.29 is 9.53 Å². The van der Waals surface area contributed by atoms with Crippen LogP contribution >= 0.6 is 0 Å². The molecule has 0 aromatic carbocycles. The van der Waals surface area contributed by atoms with E-state index in [2.05, 4.69) is 6.92 Å². The molecule has 0 N–H and O–H groups in total. The predicted octanol–water partition coefficient (Wildman–Crippen LogP) is 4.47. The first-order chi connectivity index (χ1) is 8.20. The molecule has 1 aliphatic rings. The van der Waals surface area contributed by atoms with Crippen LogP contribution in [0, 0.1) is 5.92 Å². The molecule has 0 amide bonds. The lowest BCUT2D eigenvalue weighted by Gasteiger charge is -2.24. The molecule has 0 unspecified atom stereocenters. The zero-order chi connectivity index (χ0) is 12.5. The molecule has 0 spiro atoms. The number of rotatable bonds is 1. The minimum absolute atomic E-state index is 0.117. The lowest BCUT2D eigenvalue weighted by molar-refractivity contribution is -0.149. The molecule has 1 saturated carbocycles. The van der Waals surface area contributed by atoms with Gasteiger partial charge in [0.15, 0.2) is 0 Å². The molecular formula is C15H28O2. The third-order valence-corrected chi connectivity index (χ3v) is 3.85. The van der Waals surface area contributed by atoms with Crippen molar-refractivity contribution >= 4 is 5.97 Å². The van der Waals surface area contributed by atoms with Crippen molar-refractivity contribution in [2.75, 3.05) is 0 Å². The van der Waals surface area contributed by atoms with Crippen LogP contribution in [0.3, 0.4) is 0 Å². The standard InChI is InChI=1S/C15H28O2/c1-13-11-9-7-5-3-4-6-8-10-12-15(13)17-14(2)16/h13,15H,3-12H2,1-2H3/t13-,15+/m0/s1. The largest absolute Gasteiger partial charge is 0.462 e. The van der Waals surface area contributed by atoms with E-state index < -0.39 is 0 Å². The zero-order valence-electron chi connectivity index (χ0n) is 11.5. The van der Waals surface area contributed by atoms with E-state index in [-0.39, 0.29) is 12.1 Å². The highest BCUT2D eigenvalue weighted by molar-refractivity contribution is 5.66. The number of esters is 1. The van der Waals surface area contributed by atoms with Gasteiger partial charge in [-0.05, 0) is 25.2 Å². The van der Waals surface area contributed by atoms with Gasteiger partial charge in [-0.1, -0.05) is 51.9 Å². The van der Waals surface area contributed by atoms with Crippen LogP contribution in [-0.4, -0.2) is 12.1 Å². The second-order valence-corrected chi connectivity index (χ2v) is 5.53. The van der Waals surface area contributed by atoms with Gasteiger partial charge < -0.3 is 4.74 Å². The van der Waals surface area contributed by atoms with E-state index in [9.17, 15) is 4.79 Å². The second kappa shape index (κ2) is 8.54. The SMILES string of the molecule is CC(=O)O[C@@H]1CCCCCCCCCC[C@@H]1C. The van der Waals surface area contributed by atoms with Crippen LogP contribution in [0.15, 0.2) is 0 Å². The van der Waals surface area contributed by atoms with E-state index >= 15 is 0 Å². The minimum Gasteiger partial charge on any atom is -0.462 e. The monoisotopic (exact) mass is 240 g/mol. The average molecular weight is 240 g/mol. The van der Waals surface area contributed by atoms with Gasteiger partial charge in [-0.3, -0.25) is 4.79 Å². The van der Waals surface area contributed by atoms with Gasteiger partial charge in [0, 0.05) is 6.92 Å². The fourth-order valence-electron chi connectivity index (χ4n) is 2.73. The Hall–Kier alpha value is -0.530. The molecule has 0 saturated heterocycles. The smallest absolute Gasteiger partial charge is 0.302 e. The molecule has 1 aliphatic carbocycles. The Morgan fingerprint density at radius 1 is 0.882 bits per heavy atom. The Balaban J connectivity index is 2.41. The van der Waals surface area contributed by atoms with Gasteiger partial charge in [0.1, 0.15) is 6.10 Å². The third kappa shape index (κ3) is 6.70. The molecule has 17 heavy (non-hydrogen) atoms. The maximum atomic E-state index is 11.1. The van der Waals surface area contributed by atoms with Gasteiger partial charge >= 0.3 is 5.97 Å². The first kappa shape index (κ1) is 14.5. The molecular weight excluding hydrogens is 212 g/mol. The molecule has 2 heteroatoms. The highest BCUT2D eigenvalue weighted by Crippen LogP contribution is 2.23. The number of carbonyl (C=O) groups excluding carboxylic acids is 1. The first-order valence-corrected chi connectivity index (χ1v) is 7.37. The van der Waals surface area contributed by atoms with Gasteiger partial charge in [-0.2, -0.15) is 0 Å². The highest BCUT2D eigenvalue weighted by Gasteiger charge is 2.19. The van der Waals surface area contributed by atoms with E-state index in [0.29, 0.717) is 5.92 Å². The number of hydrogen-bond acceptors (Lipinski definition) is 2. The molecule has 0 radical (unpaired) electrons. The molecule has 2 atom stereocenters. The van der Waals surface area contributed by atoms with Crippen molar-refractivity contribution in [2.45, 2.75) is 84.2 Å². The minimum atomic E-state index is -0.117. The summed E-state index contributed by atoms with van der Waals surface area (Å²) in [5, 5.41) is 0. The maximum absolute atomic E-state index is 11.1. The highest BCUT2D eigenvalue weighted by atomic mass is 16.5. The summed E-state index contributed by atoms with van der Waals surface area (Å²) in [4.78, 5) is 11.1. The van der Waals surface area contributed by atoms with Crippen molar-refractivity contribution in [3.05, 3.63) is 0 Å². The van der Waals surface area contributed by atoms with Crippen molar-refractivity contribution in [1.29, 1.82) is 0 Å². The molecule has 1 rings (SSSR count). The third-order valence-electron chi connectivity index (χ3n) is 3.85. The maximum Gasteiger partial charge on any atom is 0.302 e. The topological polar surface area (TPSA) is 26.3 Å². The average Bonchev–Trinajstić information content (AvgIpc) is 2.27. The normalized spacial score (nSPS) is 28.8. The van der Waals surface area contributed by atoms with Crippen LogP contribution in [0.5, 0.6) is 0 Å². The van der Waals surface area contributed by atoms with E-state index in [4.69, 9.17) is 4.74 Å². The first-order valence-electron chi connectivity index (χ1n) is 7.37. The molecule has 0 aliphatic heterocycles. The molecule has 2 nitrogen and oxygen atoms in total. The lowest BCUT2D eigenvalue weighted by Crippen LogP contribution is -2.24. The Morgan fingerprint density at radius 2 is 1.35 bits per heavy atom. The summed E-state index contributed by atoms with van der Waals surface area (Å²) in [5.74, 6) is 0.410. The van der Waals surface area contributed by atoms with Gasteiger partial charge in [-0.25, -0.2) is 0 Å². The molecule has 0 bridgehead atoms. The fraction of sp³-hybridized carbons (Fsp3) is 0.933. The van der Waals surface area contributed by atoms with Crippen molar-refractivity contribution in [3.8, 4) is 0 Å². The molecule has 100 valence electrons. The molecule has 1 fully saturated rings. The van der Waals surface area contributed by atoms with E-state index in [1.807, 2.05) is 0 Å². The second-order valence-electron chi connectivity index (χ2n) is 5.53. The van der Waals surface area contributed by atoms with Crippen LogP contribution in [0.1, 0.15) is 78.1 Å².